The topological polar surface area (TPSA) is 102 Å². The van der Waals surface area contributed by atoms with E-state index >= 15 is 0 Å². The lowest BCUT2D eigenvalue weighted by molar-refractivity contribution is -0.138. The number of pyridine rings is 1. The van der Waals surface area contributed by atoms with E-state index in [1.807, 2.05) is 12.1 Å². The normalized spacial score (nSPS) is 13.6. The van der Waals surface area contributed by atoms with Gasteiger partial charge in [-0.05, 0) is 24.3 Å². The lowest BCUT2D eigenvalue weighted by atomic mass is 10.1. The van der Waals surface area contributed by atoms with Gasteiger partial charge in [-0.2, -0.15) is 0 Å². The Hall–Kier alpha value is -3.46. The number of carbonyl (C=O) groups is 2. The molecule has 148 valence electrons. The smallest absolute Gasteiger partial charge is 0.273 e. The zero-order valence-electron chi connectivity index (χ0n) is 15.2. The first-order valence-corrected chi connectivity index (χ1v) is 9.28. The minimum absolute atomic E-state index is 0.116. The number of hydrogen-bond acceptors (Lipinski definition) is 6. The molecule has 1 aromatic carbocycles. The maximum Gasteiger partial charge on any atom is 0.273 e. The van der Waals surface area contributed by atoms with Crippen LogP contribution in [0, 0.1) is 0 Å². The van der Waals surface area contributed by atoms with Crippen molar-refractivity contribution in [3.63, 3.8) is 0 Å². The van der Waals surface area contributed by atoms with E-state index in [1.165, 1.54) is 10.9 Å². The summed E-state index contributed by atoms with van der Waals surface area (Å²) in [5.74, 6) is -0.0776. The Morgan fingerprint density at radius 1 is 1.21 bits per heavy atom. The second kappa shape index (κ2) is 8.27. The van der Waals surface area contributed by atoms with Gasteiger partial charge >= 0.3 is 0 Å². The first-order chi connectivity index (χ1) is 14.1. The second-order valence-corrected chi connectivity index (χ2v) is 6.82. The van der Waals surface area contributed by atoms with Gasteiger partial charge in [-0.25, -0.2) is 4.68 Å². The molecule has 1 N–H and O–H groups in total. The van der Waals surface area contributed by atoms with Crippen molar-refractivity contribution in [1.29, 1.82) is 0 Å². The monoisotopic (exact) mass is 412 g/mol. The SMILES string of the molecule is O=C(NCC(=O)N1CC(Oc2ccccc2Cl)C1)c1cn(-c2cccnc2)nn1. The second-order valence-electron chi connectivity index (χ2n) is 6.41. The maximum absolute atomic E-state index is 12.2. The van der Waals surface area contributed by atoms with E-state index in [4.69, 9.17) is 16.3 Å². The number of amides is 2. The maximum atomic E-state index is 12.2. The van der Waals surface area contributed by atoms with Crippen molar-refractivity contribution < 1.29 is 14.3 Å². The third-order valence-electron chi connectivity index (χ3n) is 4.37. The van der Waals surface area contributed by atoms with Gasteiger partial charge < -0.3 is 15.0 Å². The zero-order valence-corrected chi connectivity index (χ0v) is 16.0. The molecular formula is C19H17ClN6O3. The lowest BCUT2D eigenvalue weighted by Crippen LogP contribution is -2.58. The van der Waals surface area contributed by atoms with Crippen molar-refractivity contribution in [2.75, 3.05) is 19.6 Å². The van der Waals surface area contributed by atoms with E-state index in [1.54, 1.807) is 41.6 Å². The Labute approximate surface area is 171 Å². The minimum Gasteiger partial charge on any atom is -0.485 e. The summed E-state index contributed by atoms with van der Waals surface area (Å²) in [4.78, 5) is 30.0. The molecule has 29 heavy (non-hydrogen) atoms. The average Bonchev–Trinajstić information content (AvgIpc) is 3.20. The average molecular weight is 413 g/mol. The van der Waals surface area contributed by atoms with Gasteiger partial charge in [0.05, 0.1) is 42.7 Å². The number of para-hydroxylation sites is 1. The summed E-state index contributed by atoms with van der Waals surface area (Å²) in [7, 11) is 0. The lowest BCUT2D eigenvalue weighted by Gasteiger charge is -2.39. The highest BCUT2D eigenvalue weighted by Gasteiger charge is 2.32. The van der Waals surface area contributed by atoms with Gasteiger partial charge in [0.25, 0.3) is 5.91 Å². The van der Waals surface area contributed by atoms with Crippen LogP contribution < -0.4 is 10.1 Å². The fourth-order valence-electron chi connectivity index (χ4n) is 2.78. The molecule has 0 spiro atoms. The molecule has 0 saturated carbocycles. The minimum atomic E-state index is -0.474. The van der Waals surface area contributed by atoms with Gasteiger partial charge in [0, 0.05) is 6.20 Å². The van der Waals surface area contributed by atoms with Crippen LogP contribution in [0.5, 0.6) is 5.75 Å². The Kier molecular flexibility index (Phi) is 5.39. The highest BCUT2D eigenvalue weighted by Crippen LogP contribution is 2.26. The van der Waals surface area contributed by atoms with Crippen molar-refractivity contribution >= 4 is 23.4 Å². The van der Waals surface area contributed by atoms with Crippen molar-refractivity contribution in [1.82, 2.24) is 30.2 Å². The van der Waals surface area contributed by atoms with Crippen molar-refractivity contribution in [2.45, 2.75) is 6.10 Å². The highest BCUT2D eigenvalue weighted by molar-refractivity contribution is 6.32. The number of benzene rings is 1. The number of rotatable bonds is 6. The molecule has 10 heteroatoms. The number of hydrogen-bond donors (Lipinski definition) is 1. The van der Waals surface area contributed by atoms with E-state index < -0.39 is 5.91 Å². The summed E-state index contributed by atoms with van der Waals surface area (Å²) in [6.07, 6.45) is 4.60. The van der Waals surface area contributed by atoms with E-state index in [0.29, 0.717) is 29.5 Å². The van der Waals surface area contributed by atoms with Crippen LogP contribution in [-0.2, 0) is 4.79 Å². The Morgan fingerprint density at radius 3 is 2.79 bits per heavy atom. The fourth-order valence-corrected chi connectivity index (χ4v) is 2.96. The molecule has 1 aliphatic heterocycles. The summed E-state index contributed by atoms with van der Waals surface area (Å²) in [6, 6.07) is 10.7. The molecule has 0 unspecified atom stereocenters. The summed E-state index contributed by atoms with van der Waals surface area (Å²) in [5, 5.41) is 10.8. The van der Waals surface area contributed by atoms with Crippen LogP contribution in [0.1, 0.15) is 10.5 Å². The molecule has 9 nitrogen and oxygen atoms in total. The molecule has 0 radical (unpaired) electrons. The van der Waals surface area contributed by atoms with Gasteiger partial charge in [0.2, 0.25) is 5.91 Å². The third kappa shape index (κ3) is 4.35. The van der Waals surface area contributed by atoms with E-state index in [-0.39, 0.29) is 24.2 Å². The fraction of sp³-hybridized carbons (Fsp3) is 0.211. The molecule has 1 aliphatic rings. The molecule has 0 aliphatic carbocycles. The van der Waals surface area contributed by atoms with Crippen molar-refractivity contribution in [2.24, 2.45) is 0 Å². The molecule has 1 saturated heterocycles. The molecular weight excluding hydrogens is 396 g/mol. The number of likely N-dealkylation sites (tertiary alicyclic amines) is 1. The molecule has 0 bridgehead atoms. The van der Waals surface area contributed by atoms with Gasteiger partial charge in [-0.1, -0.05) is 28.9 Å². The van der Waals surface area contributed by atoms with E-state index in [2.05, 4.69) is 20.6 Å². The van der Waals surface area contributed by atoms with Crippen LogP contribution >= 0.6 is 11.6 Å². The number of nitrogens with one attached hydrogen (secondary N) is 1. The summed E-state index contributed by atoms with van der Waals surface area (Å²) in [5.41, 5.74) is 0.797. The standard InChI is InChI=1S/C19H17ClN6O3/c20-15-5-1-2-6-17(15)29-14-10-25(11-14)18(27)9-22-19(28)16-12-26(24-23-16)13-4-3-7-21-8-13/h1-8,12,14H,9-11H2,(H,22,28). The molecule has 2 amide bonds. The predicted octanol–water partition coefficient (Wildman–Crippen LogP) is 1.34. The van der Waals surface area contributed by atoms with Gasteiger partial charge in [-0.15, -0.1) is 5.10 Å². The third-order valence-corrected chi connectivity index (χ3v) is 4.68. The molecule has 1 fully saturated rings. The van der Waals surface area contributed by atoms with Crippen molar-refractivity contribution in [3.8, 4) is 11.4 Å². The summed E-state index contributed by atoms with van der Waals surface area (Å²) < 4.78 is 7.20. The largest absolute Gasteiger partial charge is 0.485 e. The number of ether oxygens (including phenoxy) is 1. The van der Waals surface area contributed by atoms with Crippen LogP contribution in [-0.4, -0.2) is 62.4 Å². The Balaban J connectivity index is 1.24. The first kappa shape index (κ1) is 18.9. The Morgan fingerprint density at radius 2 is 2.03 bits per heavy atom. The van der Waals surface area contributed by atoms with Gasteiger partial charge in [-0.3, -0.25) is 14.6 Å². The highest BCUT2D eigenvalue weighted by atomic mass is 35.5. The van der Waals surface area contributed by atoms with Crippen LogP contribution in [0.2, 0.25) is 5.02 Å². The van der Waals surface area contributed by atoms with Crippen LogP contribution in [0.15, 0.2) is 55.0 Å². The Bertz CT molecular complexity index is 1020. The first-order valence-electron chi connectivity index (χ1n) is 8.90. The summed E-state index contributed by atoms with van der Waals surface area (Å²) in [6.45, 7) is 0.756. The van der Waals surface area contributed by atoms with E-state index in [9.17, 15) is 9.59 Å². The molecule has 3 aromatic rings. The van der Waals surface area contributed by atoms with Crippen LogP contribution in [0.25, 0.3) is 5.69 Å². The van der Waals surface area contributed by atoms with E-state index in [0.717, 1.165) is 0 Å². The van der Waals surface area contributed by atoms with Crippen LogP contribution in [0.4, 0.5) is 0 Å². The number of nitrogens with zero attached hydrogens (tertiary/aromatic N) is 5. The number of aromatic nitrogens is 4. The summed E-state index contributed by atoms with van der Waals surface area (Å²) >= 11 is 6.06. The molecule has 3 heterocycles. The predicted molar refractivity (Wildman–Crippen MR) is 104 cm³/mol. The van der Waals surface area contributed by atoms with Gasteiger partial charge in [0.1, 0.15) is 11.9 Å². The number of halogens is 1. The van der Waals surface area contributed by atoms with Gasteiger partial charge in [0.15, 0.2) is 5.69 Å². The van der Waals surface area contributed by atoms with Crippen LogP contribution in [0.3, 0.4) is 0 Å². The zero-order chi connectivity index (χ0) is 20.2. The number of carbonyl (C=O) groups excluding carboxylic acids is 2. The van der Waals surface area contributed by atoms with Crippen molar-refractivity contribution in [3.05, 3.63) is 65.7 Å². The quantitative estimate of drug-likeness (QED) is 0.655. The molecule has 4 rings (SSSR count). The molecule has 2 aromatic heterocycles. The molecule has 0 atom stereocenters.